The van der Waals surface area contributed by atoms with Crippen molar-refractivity contribution in [3.8, 4) is 0 Å². The molecule has 0 aliphatic rings. The van der Waals surface area contributed by atoms with Gasteiger partial charge in [0.25, 0.3) is 0 Å². The molecule has 0 spiro atoms. The summed E-state index contributed by atoms with van der Waals surface area (Å²) >= 11 is 1.16. The van der Waals surface area contributed by atoms with Crippen molar-refractivity contribution >= 4 is 17.7 Å². The van der Waals surface area contributed by atoms with Crippen molar-refractivity contribution < 1.29 is 13.6 Å². The van der Waals surface area contributed by atoms with Crippen LogP contribution < -0.4 is 5.73 Å². The standard InChI is InChI=1S/C12H12F2N4OS/c1-7-16-17-12(18(7)5-10(15)19)20-6-8-3-2-4-9(13)11(8)14/h2-4H,5-6H2,1H3,(H2,15,19). The molecule has 2 rings (SSSR count). The number of aromatic nitrogens is 3. The zero-order chi connectivity index (χ0) is 14.7. The van der Waals surface area contributed by atoms with Crippen molar-refractivity contribution in [1.82, 2.24) is 14.8 Å². The number of primary amides is 1. The lowest BCUT2D eigenvalue weighted by atomic mass is 10.2. The van der Waals surface area contributed by atoms with E-state index in [0.717, 1.165) is 17.8 Å². The maximum atomic E-state index is 13.5. The Labute approximate surface area is 118 Å². The van der Waals surface area contributed by atoms with Crippen molar-refractivity contribution in [2.45, 2.75) is 24.4 Å². The highest BCUT2D eigenvalue weighted by atomic mass is 32.2. The van der Waals surface area contributed by atoms with Crippen LogP contribution in [0.15, 0.2) is 23.4 Å². The molecule has 2 N–H and O–H groups in total. The molecular formula is C12H12F2N4OS. The number of carbonyl (C=O) groups excluding carboxylic acids is 1. The molecule has 0 aliphatic carbocycles. The van der Waals surface area contributed by atoms with Gasteiger partial charge < -0.3 is 5.73 Å². The normalized spacial score (nSPS) is 10.8. The third kappa shape index (κ3) is 3.13. The first-order valence-electron chi connectivity index (χ1n) is 5.73. The largest absolute Gasteiger partial charge is 0.368 e. The summed E-state index contributed by atoms with van der Waals surface area (Å²) in [5, 5.41) is 8.16. The molecule has 0 aliphatic heterocycles. The van der Waals surface area contributed by atoms with Crippen LogP contribution >= 0.6 is 11.8 Å². The summed E-state index contributed by atoms with van der Waals surface area (Å²) in [6.45, 7) is 1.63. The maximum absolute atomic E-state index is 13.5. The molecule has 0 unspecified atom stereocenters. The third-order valence-electron chi connectivity index (χ3n) is 2.60. The van der Waals surface area contributed by atoms with Crippen LogP contribution in [0.2, 0.25) is 0 Å². The Balaban J connectivity index is 2.15. The number of halogens is 2. The maximum Gasteiger partial charge on any atom is 0.237 e. The van der Waals surface area contributed by atoms with Gasteiger partial charge in [-0.1, -0.05) is 23.9 Å². The van der Waals surface area contributed by atoms with Gasteiger partial charge in [0.15, 0.2) is 16.8 Å². The molecule has 5 nitrogen and oxygen atoms in total. The van der Waals surface area contributed by atoms with Gasteiger partial charge in [-0.2, -0.15) is 0 Å². The molecule has 0 bridgehead atoms. The van der Waals surface area contributed by atoms with Gasteiger partial charge in [0, 0.05) is 11.3 Å². The molecule has 0 atom stereocenters. The summed E-state index contributed by atoms with van der Waals surface area (Å²) in [5.74, 6) is -1.58. The number of amides is 1. The number of hydrogen-bond acceptors (Lipinski definition) is 4. The summed E-state index contributed by atoms with van der Waals surface area (Å²) in [7, 11) is 0. The second-order valence-electron chi connectivity index (χ2n) is 4.08. The van der Waals surface area contributed by atoms with Crippen LogP contribution in [-0.4, -0.2) is 20.7 Å². The van der Waals surface area contributed by atoms with Crippen LogP contribution in [0, 0.1) is 18.6 Å². The summed E-state index contributed by atoms with van der Waals surface area (Å²) in [6, 6.07) is 3.99. The number of benzene rings is 1. The molecule has 2 aromatic rings. The van der Waals surface area contributed by atoms with Gasteiger partial charge in [-0.3, -0.25) is 9.36 Å². The minimum Gasteiger partial charge on any atom is -0.368 e. The molecular weight excluding hydrogens is 286 g/mol. The monoisotopic (exact) mass is 298 g/mol. The summed E-state index contributed by atoms with van der Waals surface area (Å²) in [6.07, 6.45) is 0. The van der Waals surface area contributed by atoms with Gasteiger partial charge in [0.1, 0.15) is 12.4 Å². The van der Waals surface area contributed by atoms with E-state index < -0.39 is 17.5 Å². The highest BCUT2D eigenvalue weighted by molar-refractivity contribution is 7.98. The fourth-order valence-electron chi connectivity index (χ4n) is 1.61. The number of nitrogens with zero attached hydrogens (tertiary/aromatic N) is 3. The van der Waals surface area contributed by atoms with Crippen LogP contribution in [0.3, 0.4) is 0 Å². The molecule has 0 radical (unpaired) electrons. The van der Waals surface area contributed by atoms with Gasteiger partial charge in [0.2, 0.25) is 5.91 Å². The Hall–Kier alpha value is -1.96. The van der Waals surface area contributed by atoms with Crippen LogP contribution in [0.4, 0.5) is 8.78 Å². The third-order valence-corrected chi connectivity index (χ3v) is 3.62. The molecule has 1 aromatic heterocycles. The Bertz CT molecular complexity index is 644. The van der Waals surface area contributed by atoms with Gasteiger partial charge in [-0.05, 0) is 13.0 Å². The van der Waals surface area contributed by atoms with E-state index in [-0.39, 0.29) is 17.9 Å². The smallest absolute Gasteiger partial charge is 0.237 e. The summed E-state index contributed by atoms with van der Waals surface area (Å²) in [5.41, 5.74) is 5.36. The Kier molecular flexibility index (Phi) is 4.33. The molecule has 1 amide bonds. The van der Waals surface area contributed by atoms with Crippen molar-refractivity contribution in [2.75, 3.05) is 0 Å². The Morgan fingerprint density at radius 1 is 1.40 bits per heavy atom. The average molecular weight is 298 g/mol. The highest BCUT2D eigenvalue weighted by Gasteiger charge is 2.13. The van der Waals surface area contributed by atoms with E-state index in [1.54, 1.807) is 6.92 Å². The van der Waals surface area contributed by atoms with Crippen LogP contribution in [0.1, 0.15) is 11.4 Å². The van der Waals surface area contributed by atoms with E-state index in [1.165, 1.54) is 16.7 Å². The molecule has 20 heavy (non-hydrogen) atoms. The summed E-state index contributed by atoms with van der Waals surface area (Å²) < 4.78 is 28.1. The zero-order valence-corrected chi connectivity index (χ0v) is 11.5. The lowest BCUT2D eigenvalue weighted by molar-refractivity contribution is -0.118. The van der Waals surface area contributed by atoms with E-state index in [4.69, 9.17) is 5.73 Å². The Morgan fingerprint density at radius 2 is 2.15 bits per heavy atom. The second kappa shape index (κ2) is 6.00. The quantitative estimate of drug-likeness (QED) is 0.852. The first-order valence-corrected chi connectivity index (χ1v) is 6.71. The zero-order valence-electron chi connectivity index (χ0n) is 10.6. The minimum absolute atomic E-state index is 0.0488. The number of nitrogens with two attached hydrogens (primary N) is 1. The molecule has 0 saturated heterocycles. The first-order chi connectivity index (χ1) is 9.49. The fraction of sp³-hybridized carbons (Fsp3) is 0.250. The van der Waals surface area contributed by atoms with E-state index in [0.29, 0.717) is 11.0 Å². The number of thioether (sulfide) groups is 1. The van der Waals surface area contributed by atoms with Crippen molar-refractivity contribution in [3.63, 3.8) is 0 Å². The lowest BCUT2D eigenvalue weighted by Gasteiger charge is -2.06. The number of carbonyl (C=O) groups is 1. The average Bonchev–Trinajstić information content (AvgIpc) is 2.72. The number of aryl methyl sites for hydroxylation is 1. The van der Waals surface area contributed by atoms with Gasteiger partial charge >= 0.3 is 0 Å². The van der Waals surface area contributed by atoms with E-state index in [2.05, 4.69) is 10.2 Å². The molecule has 0 fully saturated rings. The number of rotatable bonds is 5. The highest BCUT2D eigenvalue weighted by Crippen LogP contribution is 2.24. The predicted octanol–water partition coefficient (Wildman–Crippen LogP) is 1.64. The van der Waals surface area contributed by atoms with Crippen LogP contribution in [0.5, 0.6) is 0 Å². The molecule has 8 heteroatoms. The molecule has 0 saturated carbocycles. The molecule has 1 heterocycles. The van der Waals surface area contributed by atoms with Crippen molar-refractivity contribution in [3.05, 3.63) is 41.2 Å². The van der Waals surface area contributed by atoms with Crippen LogP contribution in [0.25, 0.3) is 0 Å². The Morgan fingerprint density at radius 3 is 2.85 bits per heavy atom. The SMILES string of the molecule is Cc1nnc(SCc2cccc(F)c2F)n1CC(N)=O. The van der Waals surface area contributed by atoms with Gasteiger partial charge in [-0.25, -0.2) is 8.78 Å². The fourth-order valence-corrected chi connectivity index (χ4v) is 2.57. The van der Waals surface area contributed by atoms with Gasteiger partial charge in [0.05, 0.1) is 0 Å². The van der Waals surface area contributed by atoms with Crippen LogP contribution in [-0.2, 0) is 17.1 Å². The minimum atomic E-state index is -0.891. The summed E-state index contributed by atoms with van der Waals surface area (Å²) in [4.78, 5) is 11.0. The topological polar surface area (TPSA) is 73.8 Å². The predicted molar refractivity (Wildman–Crippen MR) is 69.9 cm³/mol. The number of hydrogen-bond donors (Lipinski definition) is 1. The molecule has 106 valence electrons. The van der Waals surface area contributed by atoms with E-state index >= 15 is 0 Å². The first kappa shape index (κ1) is 14.4. The second-order valence-corrected chi connectivity index (χ2v) is 5.03. The van der Waals surface area contributed by atoms with Crippen molar-refractivity contribution in [1.29, 1.82) is 0 Å². The van der Waals surface area contributed by atoms with Crippen molar-refractivity contribution in [2.24, 2.45) is 5.73 Å². The lowest BCUT2D eigenvalue weighted by Crippen LogP contribution is -2.20. The van der Waals surface area contributed by atoms with E-state index in [9.17, 15) is 13.6 Å². The van der Waals surface area contributed by atoms with Gasteiger partial charge in [-0.15, -0.1) is 10.2 Å². The van der Waals surface area contributed by atoms with E-state index in [1.807, 2.05) is 0 Å². The molecule has 1 aromatic carbocycles.